The van der Waals surface area contributed by atoms with E-state index in [1.807, 2.05) is 19.1 Å². The van der Waals surface area contributed by atoms with E-state index in [-0.39, 0.29) is 11.6 Å². The van der Waals surface area contributed by atoms with E-state index >= 15 is 0 Å². The van der Waals surface area contributed by atoms with Gasteiger partial charge < -0.3 is 10.9 Å². The number of ketones is 1. The molecule has 1 aromatic carbocycles. The molecule has 4 nitrogen and oxygen atoms in total. The zero-order chi connectivity index (χ0) is 12.1. The normalized spacial score (nSPS) is 11.5. The van der Waals surface area contributed by atoms with E-state index in [1.165, 1.54) is 0 Å². The third kappa shape index (κ3) is 2.82. The molecule has 0 spiro atoms. The highest BCUT2D eigenvalue weighted by Gasteiger charge is 2.07. The molecule has 0 radical (unpaired) electrons. The Balaban J connectivity index is 3.11. The number of carbonyl (C=O) groups is 1. The van der Waals surface area contributed by atoms with E-state index in [9.17, 15) is 4.79 Å². The molecule has 0 aromatic heterocycles. The smallest absolute Gasteiger partial charge is 0.170 e. The molecular formula is C12H16N2O2. The van der Waals surface area contributed by atoms with Gasteiger partial charge in [0.1, 0.15) is 5.78 Å². The summed E-state index contributed by atoms with van der Waals surface area (Å²) in [5.74, 6) is 0.218. The van der Waals surface area contributed by atoms with Crippen LogP contribution in [0.25, 0.3) is 0 Å². The van der Waals surface area contributed by atoms with Gasteiger partial charge in [-0.05, 0) is 30.5 Å². The minimum Gasteiger partial charge on any atom is -0.409 e. The highest BCUT2D eigenvalue weighted by atomic mass is 16.4. The van der Waals surface area contributed by atoms with Crippen molar-refractivity contribution in [3.63, 3.8) is 0 Å². The summed E-state index contributed by atoms with van der Waals surface area (Å²) in [6, 6.07) is 5.47. The Bertz CT molecular complexity index is 425. The molecule has 0 fully saturated rings. The predicted octanol–water partition coefficient (Wildman–Crippen LogP) is 1.48. The summed E-state index contributed by atoms with van der Waals surface area (Å²) in [6.45, 7) is 3.58. The summed E-state index contributed by atoms with van der Waals surface area (Å²) in [5.41, 5.74) is 8.23. The molecule has 0 heterocycles. The Hall–Kier alpha value is -1.84. The first-order valence-corrected chi connectivity index (χ1v) is 5.17. The lowest BCUT2D eigenvalue weighted by Crippen LogP contribution is -2.14. The van der Waals surface area contributed by atoms with Gasteiger partial charge in [0.05, 0.1) is 0 Å². The average molecular weight is 220 g/mol. The molecule has 0 saturated heterocycles. The van der Waals surface area contributed by atoms with Crippen LogP contribution in [0, 0.1) is 0 Å². The van der Waals surface area contributed by atoms with Gasteiger partial charge >= 0.3 is 0 Å². The number of hydrogen-bond acceptors (Lipinski definition) is 3. The van der Waals surface area contributed by atoms with E-state index < -0.39 is 0 Å². The largest absolute Gasteiger partial charge is 0.409 e. The van der Waals surface area contributed by atoms with Crippen LogP contribution in [0.5, 0.6) is 0 Å². The molecule has 0 amide bonds. The predicted molar refractivity (Wildman–Crippen MR) is 62.7 cm³/mol. The second-order valence-electron chi connectivity index (χ2n) is 3.70. The van der Waals surface area contributed by atoms with Gasteiger partial charge in [-0.1, -0.05) is 24.2 Å². The molecule has 0 unspecified atom stereocenters. The van der Waals surface area contributed by atoms with E-state index in [1.54, 1.807) is 13.0 Å². The van der Waals surface area contributed by atoms with Gasteiger partial charge in [-0.15, -0.1) is 0 Å². The number of hydrogen-bond donors (Lipinski definition) is 2. The Morgan fingerprint density at radius 3 is 2.62 bits per heavy atom. The van der Waals surface area contributed by atoms with Crippen molar-refractivity contribution in [3.05, 3.63) is 34.9 Å². The first-order chi connectivity index (χ1) is 7.58. The summed E-state index contributed by atoms with van der Waals surface area (Å²) in [5, 5.41) is 11.5. The van der Waals surface area contributed by atoms with Gasteiger partial charge in [-0.3, -0.25) is 4.79 Å². The van der Waals surface area contributed by atoms with Crippen molar-refractivity contribution in [2.45, 2.75) is 26.7 Å². The average Bonchev–Trinajstić information content (AvgIpc) is 2.27. The number of rotatable bonds is 4. The highest BCUT2D eigenvalue weighted by molar-refractivity contribution is 5.97. The number of carbonyl (C=O) groups excluding carboxylic acids is 1. The second-order valence-corrected chi connectivity index (χ2v) is 3.70. The van der Waals surface area contributed by atoms with Crippen LogP contribution in [0.15, 0.2) is 23.4 Å². The Labute approximate surface area is 94.8 Å². The molecule has 0 bridgehead atoms. The SMILES string of the molecule is CCc1cc(/C(N)=N\O)ccc1CC(C)=O. The fourth-order valence-electron chi connectivity index (χ4n) is 1.61. The Morgan fingerprint density at radius 1 is 1.44 bits per heavy atom. The van der Waals surface area contributed by atoms with Crippen LogP contribution in [0.1, 0.15) is 30.5 Å². The zero-order valence-electron chi connectivity index (χ0n) is 9.53. The minimum absolute atomic E-state index is 0.0871. The van der Waals surface area contributed by atoms with Gasteiger partial charge in [0.25, 0.3) is 0 Å². The molecule has 4 heteroatoms. The van der Waals surface area contributed by atoms with Crippen LogP contribution in [-0.2, 0) is 17.6 Å². The molecule has 1 aromatic rings. The van der Waals surface area contributed by atoms with Crippen molar-refractivity contribution >= 4 is 11.6 Å². The lowest BCUT2D eigenvalue weighted by atomic mass is 9.98. The number of nitrogens with zero attached hydrogens (tertiary/aromatic N) is 1. The molecule has 0 aliphatic carbocycles. The first-order valence-electron chi connectivity index (χ1n) is 5.17. The molecule has 0 aliphatic heterocycles. The van der Waals surface area contributed by atoms with Crippen LogP contribution in [0.2, 0.25) is 0 Å². The van der Waals surface area contributed by atoms with Gasteiger partial charge in [-0.25, -0.2) is 0 Å². The summed E-state index contributed by atoms with van der Waals surface area (Å²) in [7, 11) is 0. The van der Waals surface area contributed by atoms with Crippen LogP contribution >= 0.6 is 0 Å². The zero-order valence-corrected chi connectivity index (χ0v) is 9.53. The molecule has 0 aliphatic rings. The topological polar surface area (TPSA) is 75.7 Å². The van der Waals surface area contributed by atoms with E-state index in [4.69, 9.17) is 10.9 Å². The van der Waals surface area contributed by atoms with Gasteiger partial charge in [0, 0.05) is 12.0 Å². The number of aryl methyl sites for hydroxylation is 1. The van der Waals surface area contributed by atoms with Crippen molar-refractivity contribution in [1.29, 1.82) is 0 Å². The van der Waals surface area contributed by atoms with Crippen molar-refractivity contribution in [2.24, 2.45) is 10.9 Å². The molecule has 0 atom stereocenters. The number of nitrogens with two attached hydrogens (primary N) is 1. The third-order valence-electron chi connectivity index (χ3n) is 2.43. The van der Waals surface area contributed by atoms with Gasteiger partial charge in [0.2, 0.25) is 0 Å². The fourth-order valence-corrected chi connectivity index (χ4v) is 1.61. The summed E-state index contributed by atoms with van der Waals surface area (Å²) in [4.78, 5) is 11.1. The number of oxime groups is 1. The lowest BCUT2D eigenvalue weighted by Gasteiger charge is -2.08. The molecule has 3 N–H and O–H groups in total. The maximum Gasteiger partial charge on any atom is 0.170 e. The van der Waals surface area contributed by atoms with Crippen molar-refractivity contribution in [1.82, 2.24) is 0 Å². The van der Waals surface area contributed by atoms with Crippen LogP contribution < -0.4 is 5.73 Å². The molecule has 86 valence electrons. The number of amidine groups is 1. The Morgan fingerprint density at radius 2 is 2.12 bits per heavy atom. The second kappa shape index (κ2) is 5.30. The number of benzene rings is 1. The molecule has 16 heavy (non-hydrogen) atoms. The lowest BCUT2D eigenvalue weighted by molar-refractivity contribution is -0.116. The van der Waals surface area contributed by atoms with E-state index in [0.717, 1.165) is 17.5 Å². The van der Waals surface area contributed by atoms with Crippen LogP contribution in [0.3, 0.4) is 0 Å². The van der Waals surface area contributed by atoms with Crippen LogP contribution in [0.4, 0.5) is 0 Å². The van der Waals surface area contributed by atoms with Crippen molar-refractivity contribution in [2.75, 3.05) is 0 Å². The number of Topliss-reactive ketones (excluding diaryl/α,β-unsaturated/α-hetero) is 1. The summed E-state index contributed by atoms with van der Waals surface area (Å²) in [6.07, 6.45) is 1.24. The van der Waals surface area contributed by atoms with E-state index in [2.05, 4.69) is 5.16 Å². The van der Waals surface area contributed by atoms with Crippen molar-refractivity contribution < 1.29 is 10.0 Å². The van der Waals surface area contributed by atoms with E-state index in [0.29, 0.717) is 12.0 Å². The summed E-state index contributed by atoms with van der Waals surface area (Å²) < 4.78 is 0. The molecule has 1 rings (SSSR count). The molecule has 0 saturated carbocycles. The molecular weight excluding hydrogens is 204 g/mol. The van der Waals surface area contributed by atoms with Gasteiger partial charge in [-0.2, -0.15) is 0 Å². The Kier molecular flexibility index (Phi) is 4.05. The third-order valence-corrected chi connectivity index (χ3v) is 2.43. The summed E-state index contributed by atoms with van der Waals surface area (Å²) >= 11 is 0. The monoisotopic (exact) mass is 220 g/mol. The minimum atomic E-state index is 0.0871. The van der Waals surface area contributed by atoms with Gasteiger partial charge in [0.15, 0.2) is 5.84 Å². The quantitative estimate of drug-likeness (QED) is 0.349. The van der Waals surface area contributed by atoms with Crippen LogP contribution in [-0.4, -0.2) is 16.8 Å². The highest BCUT2D eigenvalue weighted by Crippen LogP contribution is 2.14. The van der Waals surface area contributed by atoms with Crippen molar-refractivity contribution in [3.8, 4) is 0 Å². The standard InChI is InChI=1S/C12H16N2O2/c1-3-9-7-11(12(13)14-16)5-4-10(9)6-8(2)15/h4-5,7,16H,3,6H2,1-2H3,(H2,13,14). The maximum atomic E-state index is 11.1. The first kappa shape index (κ1) is 12.2. The fraction of sp³-hybridized carbons (Fsp3) is 0.333. The maximum absolute atomic E-state index is 11.1.